The fraction of sp³-hybridized carbons (Fsp3) is 0.0769. The van der Waals surface area contributed by atoms with E-state index >= 15 is 0 Å². The summed E-state index contributed by atoms with van der Waals surface area (Å²) >= 11 is 0. The van der Waals surface area contributed by atoms with Gasteiger partial charge in [-0.25, -0.2) is 0 Å². The maximum atomic E-state index is 10.0. The van der Waals surface area contributed by atoms with Crippen LogP contribution in [0.4, 0.5) is 5.95 Å². The summed E-state index contributed by atoms with van der Waals surface area (Å²) in [4.78, 5) is 0. The van der Waals surface area contributed by atoms with Gasteiger partial charge in [-0.1, -0.05) is 6.07 Å². The summed E-state index contributed by atoms with van der Waals surface area (Å²) in [6, 6.07) is 9.21. The number of aryl methyl sites for hydroxylation is 1. The molecule has 0 atom stereocenters. The second-order valence-electron chi connectivity index (χ2n) is 4.19. The highest BCUT2D eigenvalue weighted by molar-refractivity contribution is 5.81. The smallest absolute Gasteiger partial charge is 0.225 e. The Bertz CT molecular complexity index is 733. The molecule has 0 fully saturated rings. The largest absolute Gasteiger partial charge is 0.507 e. The lowest BCUT2D eigenvalue weighted by Gasteiger charge is -2.07. The molecule has 3 N–H and O–H groups in total. The molecule has 0 radical (unpaired) electrons. The maximum absolute atomic E-state index is 10.0. The minimum absolute atomic E-state index is 0.192. The average molecular weight is 240 g/mol. The lowest BCUT2D eigenvalue weighted by atomic mass is 10.1. The molecule has 2 aromatic heterocycles. The first kappa shape index (κ1) is 10.6. The Morgan fingerprint density at radius 1 is 1.22 bits per heavy atom. The highest BCUT2D eigenvalue weighted by Crippen LogP contribution is 2.31. The monoisotopic (exact) mass is 240 g/mol. The van der Waals surface area contributed by atoms with Crippen LogP contribution >= 0.6 is 0 Å². The van der Waals surface area contributed by atoms with Crippen LogP contribution in [0.15, 0.2) is 36.5 Å². The number of phenolic OH excluding ortho intramolecular Hbond substituents is 1. The molecule has 0 saturated carbocycles. The van der Waals surface area contributed by atoms with Gasteiger partial charge in [0.2, 0.25) is 5.95 Å². The van der Waals surface area contributed by atoms with E-state index in [2.05, 4.69) is 10.2 Å². The molecule has 0 saturated heterocycles. The van der Waals surface area contributed by atoms with Gasteiger partial charge in [0.15, 0.2) is 0 Å². The van der Waals surface area contributed by atoms with Crippen molar-refractivity contribution in [1.82, 2.24) is 14.6 Å². The van der Waals surface area contributed by atoms with Crippen LogP contribution < -0.4 is 5.73 Å². The Morgan fingerprint density at radius 2 is 2.06 bits per heavy atom. The first-order valence-corrected chi connectivity index (χ1v) is 5.56. The molecule has 5 nitrogen and oxygen atoms in total. The molecule has 0 spiro atoms. The summed E-state index contributed by atoms with van der Waals surface area (Å²) in [5, 5.41) is 18.0. The molecule has 2 heterocycles. The van der Waals surface area contributed by atoms with E-state index in [4.69, 9.17) is 5.73 Å². The number of hydrogen-bond acceptors (Lipinski definition) is 4. The van der Waals surface area contributed by atoms with Gasteiger partial charge in [-0.05, 0) is 36.8 Å². The number of benzene rings is 1. The molecule has 0 aliphatic carbocycles. The Balaban J connectivity index is 2.32. The number of rotatable bonds is 1. The number of phenols is 1. The number of nitrogens with zero attached hydrogens (tertiary/aromatic N) is 3. The van der Waals surface area contributed by atoms with Gasteiger partial charge in [0, 0.05) is 11.8 Å². The van der Waals surface area contributed by atoms with Crippen molar-refractivity contribution < 1.29 is 5.11 Å². The molecule has 0 bridgehead atoms. The zero-order chi connectivity index (χ0) is 12.7. The molecular weight excluding hydrogens is 228 g/mol. The molecule has 3 aromatic rings. The fourth-order valence-electron chi connectivity index (χ4n) is 2.01. The van der Waals surface area contributed by atoms with E-state index in [1.807, 2.05) is 37.4 Å². The van der Waals surface area contributed by atoms with Gasteiger partial charge in [0.1, 0.15) is 11.4 Å². The Hall–Kier alpha value is -2.56. The van der Waals surface area contributed by atoms with Crippen LogP contribution in [0.2, 0.25) is 0 Å². The lowest BCUT2D eigenvalue weighted by molar-refractivity contribution is 0.476. The molecule has 0 amide bonds. The molecule has 3 rings (SSSR count). The number of hydrogen-bond donors (Lipinski definition) is 2. The van der Waals surface area contributed by atoms with Crippen molar-refractivity contribution in [3.63, 3.8) is 0 Å². The normalized spacial score (nSPS) is 10.9. The molecule has 0 aliphatic rings. The van der Waals surface area contributed by atoms with Gasteiger partial charge in [0.05, 0.1) is 5.52 Å². The predicted molar refractivity (Wildman–Crippen MR) is 69.2 cm³/mol. The summed E-state index contributed by atoms with van der Waals surface area (Å²) in [6.07, 6.45) is 1.81. The van der Waals surface area contributed by atoms with Crippen LogP contribution in [0.1, 0.15) is 5.56 Å². The van der Waals surface area contributed by atoms with Gasteiger partial charge < -0.3 is 10.8 Å². The van der Waals surface area contributed by atoms with Crippen LogP contribution in [0.25, 0.3) is 16.8 Å². The Labute approximate surface area is 104 Å². The number of nitrogen functional groups attached to an aromatic ring is 1. The number of aromatic hydroxyl groups is 1. The summed E-state index contributed by atoms with van der Waals surface area (Å²) in [5.74, 6) is 0.516. The van der Waals surface area contributed by atoms with E-state index in [0.29, 0.717) is 17.2 Å². The van der Waals surface area contributed by atoms with Crippen molar-refractivity contribution in [3.8, 4) is 17.0 Å². The predicted octanol–water partition coefficient (Wildman–Crippen LogP) is 1.99. The van der Waals surface area contributed by atoms with Gasteiger partial charge in [-0.3, -0.25) is 4.40 Å². The number of anilines is 1. The minimum Gasteiger partial charge on any atom is -0.507 e. The number of aromatic nitrogens is 3. The van der Waals surface area contributed by atoms with Crippen LogP contribution in [-0.4, -0.2) is 19.7 Å². The second-order valence-corrected chi connectivity index (χ2v) is 4.19. The third kappa shape index (κ3) is 1.48. The van der Waals surface area contributed by atoms with Gasteiger partial charge in [-0.2, -0.15) is 0 Å². The van der Waals surface area contributed by atoms with Crippen LogP contribution in [0.5, 0.6) is 5.75 Å². The highest BCUT2D eigenvalue weighted by atomic mass is 16.3. The average Bonchev–Trinajstić information content (AvgIpc) is 2.81. The molecule has 90 valence electrons. The van der Waals surface area contributed by atoms with Crippen molar-refractivity contribution in [2.24, 2.45) is 0 Å². The molecule has 0 aliphatic heterocycles. The van der Waals surface area contributed by atoms with E-state index < -0.39 is 0 Å². The molecule has 18 heavy (non-hydrogen) atoms. The van der Waals surface area contributed by atoms with Gasteiger partial charge in [-0.15, -0.1) is 10.2 Å². The van der Waals surface area contributed by atoms with Crippen LogP contribution in [0, 0.1) is 6.92 Å². The third-order valence-electron chi connectivity index (χ3n) is 2.90. The van der Waals surface area contributed by atoms with Crippen molar-refractivity contribution in [1.29, 1.82) is 0 Å². The molecule has 1 aromatic carbocycles. The highest BCUT2D eigenvalue weighted by Gasteiger charge is 2.12. The summed E-state index contributed by atoms with van der Waals surface area (Å²) in [6.45, 7) is 1.92. The first-order chi connectivity index (χ1) is 8.66. The van der Waals surface area contributed by atoms with Crippen molar-refractivity contribution in [3.05, 3.63) is 42.1 Å². The lowest BCUT2D eigenvalue weighted by Crippen LogP contribution is -2.03. The quantitative estimate of drug-likeness (QED) is 0.682. The summed E-state index contributed by atoms with van der Waals surface area (Å²) < 4.78 is 1.74. The SMILES string of the molecule is Cc1ccc(-c2nnc(N)n3cccc23)c(O)c1. The van der Waals surface area contributed by atoms with E-state index in [1.54, 1.807) is 10.5 Å². The van der Waals surface area contributed by atoms with Gasteiger partial charge >= 0.3 is 0 Å². The van der Waals surface area contributed by atoms with Crippen molar-refractivity contribution >= 4 is 11.5 Å². The van der Waals surface area contributed by atoms with E-state index in [0.717, 1.165) is 11.1 Å². The second kappa shape index (κ2) is 3.73. The molecule has 0 unspecified atom stereocenters. The Kier molecular flexibility index (Phi) is 2.19. The van der Waals surface area contributed by atoms with Crippen molar-refractivity contribution in [2.45, 2.75) is 6.92 Å². The van der Waals surface area contributed by atoms with E-state index in [1.165, 1.54) is 0 Å². The van der Waals surface area contributed by atoms with Gasteiger partial charge in [0.25, 0.3) is 0 Å². The zero-order valence-electron chi connectivity index (χ0n) is 9.83. The summed E-state index contributed by atoms with van der Waals surface area (Å²) in [5.41, 5.74) is 8.82. The van der Waals surface area contributed by atoms with E-state index in [-0.39, 0.29) is 5.75 Å². The minimum atomic E-state index is 0.192. The van der Waals surface area contributed by atoms with Crippen molar-refractivity contribution in [2.75, 3.05) is 5.73 Å². The topological polar surface area (TPSA) is 76.4 Å². The fourth-order valence-corrected chi connectivity index (χ4v) is 2.01. The third-order valence-corrected chi connectivity index (χ3v) is 2.90. The standard InChI is InChI=1S/C13H12N4O/c1-8-4-5-9(11(18)7-8)12-10-3-2-6-17(10)13(14)16-15-12/h2-7,18H,1H3,(H2,14,16). The zero-order valence-corrected chi connectivity index (χ0v) is 9.83. The maximum Gasteiger partial charge on any atom is 0.225 e. The first-order valence-electron chi connectivity index (χ1n) is 5.56. The molecular formula is C13H12N4O. The summed E-state index contributed by atoms with van der Waals surface area (Å²) in [7, 11) is 0. The Morgan fingerprint density at radius 3 is 2.83 bits per heavy atom. The van der Waals surface area contributed by atoms with Crippen LogP contribution in [0.3, 0.4) is 0 Å². The molecule has 5 heteroatoms. The van der Waals surface area contributed by atoms with E-state index in [9.17, 15) is 5.11 Å². The number of fused-ring (bicyclic) bond motifs is 1. The number of nitrogens with two attached hydrogens (primary N) is 1. The van der Waals surface area contributed by atoms with Crippen LogP contribution in [-0.2, 0) is 0 Å².